The van der Waals surface area contributed by atoms with Gasteiger partial charge in [0.1, 0.15) is 0 Å². The number of hydrogen-bond acceptors (Lipinski definition) is 3. The van der Waals surface area contributed by atoms with Gasteiger partial charge in [0, 0.05) is 19.1 Å². The van der Waals surface area contributed by atoms with Crippen molar-refractivity contribution < 1.29 is 4.74 Å². The zero-order valence-corrected chi connectivity index (χ0v) is 11.1. The predicted octanol–water partition coefficient (Wildman–Crippen LogP) is 2.28. The van der Waals surface area contributed by atoms with E-state index in [0.717, 1.165) is 37.0 Å². The molecule has 0 bridgehead atoms. The van der Waals surface area contributed by atoms with Crippen LogP contribution in [0.3, 0.4) is 0 Å². The molecule has 0 saturated carbocycles. The van der Waals surface area contributed by atoms with E-state index in [0.29, 0.717) is 6.04 Å². The first-order valence-electron chi connectivity index (χ1n) is 6.00. The minimum Gasteiger partial charge on any atom is -0.377 e. The van der Waals surface area contributed by atoms with Crippen molar-refractivity contribution in [1.82, 2.24) is 5.32 Å². The molecule has 17 heavy (non-hydrogen) atoms. The highest BCUT2D eigenvalue weighted by molar-refractivity contribution is 6.33. The molecule has 3 nitrogen and oxygen atoms in total. The highest BCUT2D eigenvalue weighted by Crippen LogP contribution is 2.32. The summed E-state index contributed by atoms with van der Waals surface area (Å²) >= 11 is 6.35. The Labute approximate surface area is 108 Å². The molecule has 1 fully saturated rings. The van der Waals surface area contributed by atoms with Gasteiger partial charge in [-0.1, -0.05) is 23.7 Å². The maximum Gasteiger partial charge on any atom is 0.0668 e. The van der Waals surface area contributed by atoms with Gasteiger partial charge in [0.05, 0.1) is 23.9 Å². The number of nitrogens with zero attached hydrogens (tertiary/aromatic N) is 1. The van der Waals surface area contributed by atoms with Crippen LogP contribution in [0.2, 0.25) is 5.02 Å². The van der Waals surface area contributed by atoms with Crippen molar-refractivity contribution >= 4 is 17.3 Å². The second kappa shape index (κ2) is 5.71. The molecule has 1 aromatic rings. The van der Waals surface area contributed by atoms with Crippen LogP contribution in [0.5, 0.6) is 0 Å². The standard InChI is InChI=1S/C13H19ClN2O/c1-10-9-17-7-6-16(10)13-11(8-15-2)4-3-5-12(13)14/h3-5,10,15H,6-9H2,1-2H3. The van der Waals surface area contributed by atoms with Gasteiger partial charge in [-0.25, -0.2) is 0 Å². The van der Waals surface area contributed by atoms with Crippen molar-refractivity contribution in [3.63, 3.8) is 0 Å². The molecule has 1 atom stereocenters. The third kappa shape index (κ3) is 2.73. The minimum absolute atomic E-state index is 0.374. The van der Waals surface area contributed by atoms with Crippen LogP contribution >= 0.6 is 11.6 Å². The number of anilines is 1. The predicted molar refractivity (Wildman–Crippen MR) is 71.8 cm³/mol. The summed E-state index contributed by atoms with van der Waals surface area (Å²) in [6.45, 7) is 5.45. The fourth-order valence-electron chi connectivity index (χ4n) is 2.27. The molecule has 1 aliphatic heterocycles. The lowest BCUT2D eigenvalue weighted by Gasteiger charge is -2.37. The van der Waals surface area contributed by atoms with E-state index in [4.69, 9.17) is 16.3 Å². The van der Waals surface area contributed by atoms with E-state index >= 15 is 0 Å². The van der Waals surface area contributed by atoms with E-state index in [1.54, 1.807) is 0 Å². The SMILES string of the molecule is CNCc1cccc(Cl)c1N1CCOCC1C. The van der Waals surface area contributed by atoms with Crippen molar-refractivity contribution in [1.29, 1.82) is 0 Å². The fourth-order valence-corrected chi connectivity index (χ4v) is 2.58. The Morgan fingerprint density at radius 3 is 3.06 bits per heavy atom. The Bertz CT molecular complexity index is 384. The Balaban J connectivity index is 2.34. The second-order valence-corrected chi connectivity index (χ2v) is 4.80. The lowest BCUT2D eigenvalue weighted by Crippen LogP contribution is -2.44. The third-order valence-corrected chi connectivity index (χ3v) is 3.40. The molecule has 1 heterocycles. The van der Waals surface area contributed by atoms with Gasteiger partial charge >= 0.3 is 0 Å². The van der Waals surface area contributed by atoms with Gasteiger partial charge in [-0.05, 0) is 25.6 Å². The largest absolute Gasteiger partial charge is 0.377 e. The molecule has 2 rings (SSSR count). The molecule has 0 aliphatic carbocycles. The number of rotatable bonds is 3. The average Bonchev–Trinajstić information content (AvgIpc) is 2.31. The second-order valence-electron chi connectivity index (χ2n) is 4.40. The first kappa shape index (κ1) is 12.7. The van der Waals surface area contributed by atoms with E-state index in [9.17, 15) is 0 Å². The molecule has 0 spiro atoms. The summed E-state index contributed by atoms with van der Waals surface area (Å²) in [6.07, 6.45) is 0. The van der Waals surface area contributed by atoms with Crippen molar-refractivity contribution in [2.75, 3.05) is 31.7 Å². The van der Waals surface area contributed by atoms with E-state index in [2.05, 4.69) is 23.2 Å². The number of para-hydroxylation sites is 1. The van der Waals surface area contributed by atoms with Gasteiger partial charge in [-0.15, -0.1) is 0 Å². The Morgan fingerprint density at radius 1 is 1.53 bits per heavy atom. The highest BCUT2D eigenvalue weighted by Gasteiger charge is 2.23. The summed E-state index contributed by atoms with van der Waals surface area (Å²) in [5.74, 6) is 0. The summed E-state index contributed by atoms with van der Waals surface area (Å²) in [4.78, 5) is 2.35. The normalized spacial score (nSPS) is 20.6. The summed E-state index contributed by atoms with van der Waals surface area (Å²) in [5, 5.41) is 4.01. The van der Waals surface area contributed by atoms with Crippen LogP contribution in [-0.2, 0) is 11.3 Å². The number of ether oxygens (including phenoxy) is 1. The van der Waals surface area contributed by atoms with Gasteiger partial charge in [0.2, 0.25) is 0 Å². The third-order valence-electron chi connectivity index (χ3n) is 3.09. The van der Waals surface area contributed by atoms with Gasteiger partial charge in [0.25, 0.3) is 0 Å². The number of benzene rings is 1. The smallest absolute Gasteiger partial charge is 0.0668 e. The van der Waals surface area contributed by atoms with Crippen LogP contribution in [0.25, 0.3) is 0 Å². The van der Waals surface area contributed by atoms with E-state index in [-0.39, 0.29) is 0 Å². The number of halogens is 1. The van der Waals surface area contributed by atoms with Gasteiger partial charge < -0.3 is 15.0 Å². The molecule has 1 unspecified atom stereocenters. The molecule has 1 saturated heterocycles. The quantitative estimate of drug-likeness (QED) is 0.896. The van der Waals surface area contributed by atoms with E-state index in [1.807, 2.05) is 19.2 Å². The maximum absolute atomic E-state index is 6.35. The number of nitrogens with one attached hydrogen (secondary N) is 1. The maximum atomic E-state index is 6.35. The topological polar surface area (TPSA) is 24.5 Å². The summed E-state index contributed by atoms with van der Waals surface area (Å²) < 4.78 is 5.47. The monoisotopic (exact) mass is 254 g/mol. The molecular formula is C13H19ClN2O. The Kier molecular flexibility index (Phi) is 4.26. The van der Waals surface area contributed by atoms with E-state index < -0.39 is 0 Å². The molecule has 1 aromatic carbocycles. The number of morpholine rings is 1. The average molecular weight is 255 g/mol. The van der Waals surface area contributed by atoms with Gasteiger partial charge in [0.15, 0.2) is 0 Å². The van der Waals surface area contributed by atoms with Crippen LogP contribution < -0.4 is 10.2 Å². The van der Waals surface area contributed by atoms with Crippen molar-refractivity contribution in [3.8, 4) is 0 Å². The lowest BCUT2D eigenvalue weighted by molar-refractivity contribution is 0.0988. The molecule has 0 aromatic heterocycles. The van der Waals surface area contributed by atoms with Crippen LogP contribution in [-0.4, -0.2) is 32.8 Å². The van der Waals surface area contributed by atoms with Crippen molar-refractivity contribution in [2.24, 2.45) is 0 Å². The molecule has 1 aliphatic rings. The molecule has 0 amide bonds. The van der Waals surface area contributed by atoms with Crippen molar-refractivity contribution in [3.05, 3.63) is 28.8 Å². The van der Waals surface area contributed by atoms with Crippen LogP contribution in [0.15, 0.2) is 18.2 Å². The van der Waals surface area contributed by atoms with Crippen LogP contribution in [0, 0.1) is 0 Å². The molecule has 4 heteroatoms. The minimum atomic E-state index is 0.374. The summed E-state index contributed by atoms with van der Waals surface area (Å²) in [7, 11) is 1.95. The Morgan fingerprint density at radius 2 is 2.35 bits per heavy atom. The Hall–Kier alpha value is -0.770. The summed E-state index contributed by atoms with van der Waals surface area (Å²) in [6, 6.07) is 6.46. The zero-order chi connectivity index (χ0) is 12.3. The van der Waals surface area contributed by atoms with Gasteiger partial charge in [-0.2, -0.15) is 0 Å². The van der Waals surface area contributed by atoms with Crippen molar-refractivity contribution in [2.45, 2.75) is 19.5 Å². The van der Waals surface area contributed by atoms with E-state index in [1.165, 1.54) is 5.56 Å². The number of hydrogen-bond donors (Lipinski definition) is 1. The zero-order valence-electron chi connectivity index (χ0n) is 10.4. The first-order valence-corrected chi connectivity index (χ1v) is 6.38. The van der Waals surface area contributed by atoms with Crippen LogP contribution in [0.1, 0.15) is 12.5 Å². The molecule has 94 valence electrons. The van der Waals surface area contributed by atoms with Crippen LogP contribution in [0.4, 0.5) is 5.69 Å². The summed E-state index contributed by atoms with van der Waals surface area (Å²) in [5.41, 5.74) is 2.40. The fraction of sp³-hybridized carbons (Fsp3) is 0.538. The lowest BCUT2D eigenvalue weighted by atomic mass is 10.1. The van der Waals surface area contributed by atoms with Gasteiger partial charge in [-0.3, -0.25) is 0 Å². The first-order chi connectivity index (χ1) is 8.24. The highest BCUT2D eigenvalue weighted by atomic mass is 35.5. The molecular weight excluding hydrogens is 236 g/mol. The molecule has 1 N–H and O–H groups in total. The molecule has 0 radical (unpaired) electrons.